The summed E-state index contributed by atoms with van der Waals surface area (Å²) in [5, 5.41) is 95.6. The molecule has 17 bridgehead atoms. The van der Waals surface area contributed by atoms with Crippen LogP contribution in [0.5, 0.6) is 69.0 Å². The van der Waals surface area contributed by atoms with Gasteiger partial charge in [-0.25, -0.2) is 0 Å². The number of ether oxygens (including phenoxy) is 5. The Kier molecular flexibility index (Phi) is 18.3. The number of aliphatic hydroxyl groups is 3. The van der Waals surface area contributed by atoms with E-state index in [9.17, 15) is 45.3 Å². The number of ketones is 1. The number of fused-ring (bicyclic) bond motifs is 14. The van der Waals surface area contributed by atoms with Gasteiger partial charge in [-0.3, -0.25) is 33.6 Å². The molecule has 0 saturated carbocycles. The molecule has 0 radical (unpaired) electrons. The summed E-state index contributed by atoms with van der Waals surface area (Å²) in [6.07, 6.45) is -7.58. The van der Waals surface area contributed by atoms with E-state index in [1.165, 1.54) is 107 Å². The number of aromatic hydroxyl groups is 4. The summed E-state index contributed by atoms with van der Waals surface area (Å²) >= 11 is 18.1. The lowest BCUT2D eigenvalue weighted by Gasteiger charge is -2.40. The average molecular weight is 1390 g/mol. The fourth-order valence-corrected chi connectivity index (χ4v) is 12.9. The lowest BCUT2D eigenvalue weighted by molar-refractivity contribution is -0.245. The maximum Gasteiger partial charge on any atom is 0.248 e. The number of phenols is 4. The molecule has 14 rings (SSSR count). The highest BCUT2D eigenvalue weighted by atomic mass is 35.5. The van der Waals surface area contributed by atoms with E-state index in [-0.39, 0.29) is 102 Å². The first-order valence-corrected chi connectivity index (χ1v) is 31.4. The standard InChI is InChI=1S/C68H62Cl2N6O20S/c1-25-31-8-14-43(79)47(19-31)93-36-22-39(51(70)45(81)23-36)55-66(89)74-54-34-20-48(92-35-11-6-30(7-12-35)16-41(63(86)75-55)71-62(25)85)61(95-68-27(3)57(82)58(83)29(5)91-68)49(21-34)94-46-15-10-33(18-40(46)69)59(84)56-67(90)72-52(28(4)77)38-24-44(80)26(2)60(96-97)50(38)37-17-32(9-13-42(37)78)53(64(87)76-56)73-65(54)88/h6-15,17-25,27,29,41,52-59,68,78-84,97H,16H2,1-5H3,(H,71,85)(H,72,90)(H,73,88)(H,74,89)(H,75,86)(H,76,87)/t25?,27?,29-,41?,52?,53?,54?,55?,56?,57?,58-,59?,68-/m1/s1. The van der Waals surface area contributed by atoms with Crippen molar-refractivity contribution < 1.29 is 97.2 Å². The van der Waals surface area contributed by atoms with E-state index in [1.54, 1.807) is 12.1 Å². The molecule has 0 aliphatic carbocycles. The Labute approximate surface area is 567 Å². The predicted molar refractivity (Wildman–Crippen MR) is 347 cm³/mol. The largest absolute Gasteiger partial charge is 0.508 e. The minimum atomic E-state index is -2.19. The monoisotopic (exact) mass is 1380 g/mol. The van der Waals surface area contributed by atoms with Crippen LogP contribution in [0.25, 0.3) is 11.1 Å². The number of carbonyl (C=O) groups excluding carboxylic acids is 7. The molecule has 1 fully saturated rings. The van der Waals surface area contributed by atoms with Gasteiger partial charge in [0.25, 0.3) is 0 Å². The zero-order chi connectivity index (χ0) is 69.3. The van der Waals surface area contributed by atoms with Gasteiger partial charge in [0.05, 0.1) is 28.2 Å². The second kappa shape index (κ2) is 26.5. The van der Waals surface area contributed by atoms with Crippen LogP contribution < -0.4 is 55.0 Å². The zero-order valence-corrected chi connectivity index (χ0v) is 54.2. The van der Waals surface area contributed by atoms with Gasteiger partial charge >= 0.3 is 0 Å². The molecule has 0 spiro atoms. The van der Waals surface area contributed by atoms with Gasteiger partial charge in [0.2, 0.25) is 47.5 Å². The Morgan fingerprint density at radius 1 is 0.557 bits per heavy atom. The second-order valence-corrected chi connectivity index (χ2v) is 25.2. The molecule has 7 heterocycles. The maximum atomic E-state index is 16.2. The smallest absolute Gasteiger partial charge is 0.248 e. The van der Waals surface area contributed by atoms with Gasteiger partial charge in [-0.1, -0.05) is 60.5 Å². The molecule has 7 aromatic carbocycles. The summed E-state index contributed by atoms with van der Waals surface area (Å²) in [5.41, 5.74) is -0.720. The van der Waals surface area contributed by atoms with Crippen molar-refractivity contribution in [3.05, 3.63) is 164 Å². The van der Waals surface area contributed by atoms with Crippen LogP contribution in [-0.4, -0.2) is 114 Å². The molecule has 10 unspecified atom stereocenters. The van der Waals surface area contributed by atoms with Crippen molar-refractivity contribution in [2.75, 3.05) is 0 Å². The number of amides is 6. The van der Waals surface area contributed by atoms with Crippen molar-refractivity contribution in [3.8, 4) is 80.1 Å². The van der Waals surface area contributed by atoms with Crippen LogP contribution in [0.2, 0.25) is 10.0 Å². The van der Waals surface area contributed by atoms with E-state index < -0.39 is 148 Å². The van der Waals surface area contributed by atoms with Gasteiger partial charge in [-0.2, -0.15) is 0 Å². The van der Waals surface area contributed by atoms with Crippen LogP contribution in [0.1, 0.15) is 108 Å². The first-order chi connectivity index (χ1) is 46.2. The van der Waals surface area contributed by atoms with Gasteiger partial charge in [-0.05, 0) is 134 Å². The Morgan fingerprint density at radius 2 is 1.19 bits per heavy atom. The van der Waals surface area contributed by atoms with Crippen molar-refractivity contribution in [2.24, 2.45) is 5.92 Å². The summed E-state index contributed by atoms with van der Waals surface area (Å²) < 4.78 is 37.8. The number of aliphatic hydroxyl groups excluding tert-OH is 3. The predicted octanol–water partition coefficient (Wildman–Crippen LogP) is 7.20. The van der Waals surface area contributed by atoms with Crippen LogP contribution >= 0.6 is 36.1 Å². The molecule has 26 nitrogen and oxygen atoms in total. The zero-order valence-electron chi connectivity index (χ0n) is 51.7. The summed E-state index contributed by atoms with van der Waals surface area (Å²) in [6, 6.07) is 11.7. The van der Waals surface area contributed by atoms with E-state index in [4.69, 9.17) is 51.1 Å². The molecule has 504 valence electrons. The van der Waals surface area contributed by atoms with Crippen LogP contribution in [0.4, 0.5) is 0 Å². The fraction of sp³-hybridized carbons (Fsp3) is 0.279. The normalized spacial score (nSPS) is 25.5. The third kappa shape index (κ3) is 12.9. The van der Waals surface area contributed by atoms with E-state index in [0.29, 0.717) is 11.1 Å². The Morgan fingerprint density at radius 3 is 1.89 bits per heavy atom. The van der Waals surface area contributed by atoms with E-state index in [1.807, 2.05) is 0 Å². The molecule has 7 aliphatic rings. The number of Topliss-reactive ketones (excluding diaryl/α,β-unsaturated/α-hetero) is 1. The summed E-state index contributed by atoms with van der Waals surface area (Å²) in [6.45, 7) is 7.10. The number of carbonyl (C=O) groups is 7. The van der Waals surface area contributed by atoms with Crippen LogP contribution in [-0.2, 0) is 44.7 Å². The lowest BCUT2D eigenvalue weighted by atomic mass is 9.87. The third-order valence-electron chi connectivity index (χ3n) is 17.8. The molecule has 13 N–H and O–H groups in total. The number of halogens is 2. The van der Waals surface area contributed by atoms with Crippen LogP contribution in [0.15, 0.2) is 109 Å². The Bertz CT molecular complexity index is 4430. The Balaban J connectivity index is 1.12. The van der Waals surface area contributed by atoms with Crippen molar-refractivity contribution in [3.63, 3.8) is 0 Å². The summed E-state index contributed by atoms with van der Waals surface area (Å²) in [7, 11) is 0. The number of hydrogen-bond acceptors (Lipinski definition) is 21. The minimum absolute atomic E-state index is 0.0305. The lowest BCUT2D eigenvalue weighted by Crippen LogP contribution is -2.55. The third-order valence-corrected chi connectivity index (χ3v) is 18.7. The van der Waals surface area contributed by atoms with Crippen LogP contribution in [0, 0.1) is 12.8 Å². The maximum absolute atomic E-state index is 16.2. The SMILES string of the molecule is CC(=O)C1NC(=O)C2NC(=O)C(NC(=O)C3NC(=O)C4NC(=O)C(Cc5ccc(cc5)Oc5cc3cc(c5O[C@H]3O[C@H](C)[C@@H](O)C(O)C3C)Oc3ccc(cc3Cl)C2O)NC(=O)C(C)c2ccc(O)c(c2)Oc2cc(O)c(Cl)c4c2)c2ccc(O)c(c2)-c2c1cc(O)c(C)c2OS. The molecule has 6 amide bonds. The summed E-state index contributed by atoms with van der Waals surface area (Å²) in [4.78, 5) is 106. The quantitative estimate of drug-likeness (QED) is 0.0612. The topological polar surface area (TPSA) is 389 Å². The second-order valence-electron chi connectivity index (χ2n) is 24.2. The first-order valence-electron chi connectivity index (χ1n) is 30.3. The molecule has 29 heteroatoms. The van der Waals surface area contributed by atoms with Gasteiger partial charge in [0.15, 0.2) is 34.5 Å². The number of phenolic OH excluding ortho intramolecular Hbond substituents is 4. The number of benzene rings is 7. The van der Waals surface area contributed by atoms with Gasteiger partial charge in [0, 0.05) is 53.6 Å². The number of rotatable bonds is 4. The molecule has 7 aromatic rings. The first kappa shape index (κ1) is 67.0. The highest BCUT2D eigenvalue weighted by molar-refractivity contribution is 7.75. The van der Waals surface area contributed by atoms with E-state index in [2.05, 4.69) is 44.8 Å². The fourth-order valence-electron chi connectivity index (χ4n) is 12.2. The van der Waals surface area contributed by atoms with Crippen molar-refractivity contribution >= 4 is 77.3 Å². The van der Waals surface area contributed by atoms with Crippen molar-refractivity contribution in [1.82, 2.24) is 31.9 Å². The number of nitrogens with one attached hydrogen (secondary N) is 6. The highest BCUT2D eigenvalue weighted by Gasteiger charge is 2.45. The highest BCUT2D eigenvalue weighted by Crippen LogP contribution is 2.51. The molecule has 13 atom stereocenters. The molecular weight excluding hydrogens is 1320 g/mol. The van der Waals surface area contributed by atoms with Crippen LogP contribution in [0.3, 0.4) is 0 Å². The molecule has 97 heavy (non-hydrogen) atoms. The minimum Gasteiger partial charge on any atom is -0.508 e. The number of thiol groups is 1. The van der Waals surface area contributed by atoms with Crippen molar-refractivity contribution in [1.29, 1.82) is 0 Å². The van der Waals surface area contributed by atoms with Crippen molar-refractivity contribution in [2.45, 2.75) is 114 Å². The molecule has 7 aliphatic heterocycles. The van der Waals surface area contributed by atoms with Gasteiger partial charge in [-0.15, -0.1) is 0 Å². The Hall–Kier alpha value is -10.0. The molecule has 1 saturated heterocycles. The summed E-state index contributed by atoms with van der Waals surface area (Å²) in [5.74, 6) is -13.5. The van der Waals surface area contributed by atoms with Gasteiger partial charge in [0.1, 0.15) is 83.0 Å². The van der Waals surface area contributed by atoms with Gasteiger partial charge < -0.3 is 95.5 Å². The number of hydrogen-bond donors (Lipinski definition) is 14. The van der Waals surface area contributed by atoms with E-state index in [0.717, 1.165) is 25.1 Å². The average Bonchev–Trinajstić information content (AvgIpc) is 0.762. The molecule has 0 aromatic heterocycles. The van der Waals surface area contributed by atoms with E-state index >= 15 is 24.0 Å². The molecular formula is C68H62Cl2N6O20S.